The van der Waals surface area contributed by atoms with Crippen LogP contribution in [0.3, 0.4) is 0 Å². The summed E-state index contributed by atoms with van der Waals surface area (Å²) in [4.78, 5) is 4.37. The van der Waals surface area contributed by atoms with Gasteiger partial charge in [0.2, 0.25) is 0 Å². The predicted molar refractivity (Wildman–Crippen MR) is 71.3 cm³/mol. The highest BCUT2D eigenvalue weighted by atomic mass is 127. The average molecular weight is 363 g/mol. The van der Waals surface area contributed by atoms with Crippen molar-refractivity contribution < 1.29 is 0 Å². The molecule has 1 heterocycles. The first-order valence-corrected chi connectivity index (χ1v) is 5.97. The van der Waals surface area contributed by atoms with Gasteiger partial charge in [-0.15, -0.1) is 0 Å². The van der Waals surface area contributed by atoms with Crippen LogP contribution in [0, 0.1) is 10.5 Å². The summed E-state index contributed by atoms with van der Waals surface area (Å²) in [6.45, 7) is 2.04. The van der Waals surface area contributed by atoms with Gasteiger partial charge in [0.05, 0.1) is 11.2 Å². The number of aryl methyl sites for hydroxylation is 1. The summed E-state index contributed by atoms with van der Waals surface area (Å²) in [6, 6.07) is 5.95. The third-order valence-electron chi connectivity index (χ3n) is 2.12. The number of anilines is 1. The molecule has 0 spiro atoms. The minimum atomic E-state index is 0.820. The molecule has 0 saturated carbocycles. The maximum absolute atomic E-state index is 6.01. The van der Waals surface area contributed by atoms with Crippen LogP contribution in [0.1, 0.15) is 5.56 Å². The molecule has 0 aliphatic heterocycles. The number of fused-ring (bicyclic) bond motifs is 1. The van der Waals surface area contributed by atoms with Gasteiger partial charge in [0, 0.05) is 8.96 Å². The molecule has 0 saturated heterocycles. The third-order valence-corrected chi connectivity index (χ3v) is 3.99. The Bertz CT molecular complexity index is 511. The molecule has 0 amide bonds. The first kappa shape index (κ1) is 10.2. The summed E-state index contributed by atoms with van der Waals surface area (Å²) in [5, 5.41) is 1.02. The zero-order valence-electron chi connectivity index (χ0n) is 7.51. The monoisotopic (exact) mass is 362 g/mol. The van der Waals surface area contributed by atoms with Crippen LogP contribution in [0.5, 0.6) is 0 Å². The van der Waals surface area contributed by atoms with Crippen molar-refractivity contribution in [3.05, 3.63) is 31.9 Å². The lowest BCUT2D eigenvalue weighted by Gasteiger charge is -2.07. The van der Waals surface area contributed by atoms with E-state index in [1.165, 1.54) is 5.56 Å². The van der Waals surface area contributed by atoms with Gasteiger partial charge in [-0.25, -0.2) is 4.98 Å². The first-order chi connectivity index (χ1) is 6.59. The Balaban J connectivity index is 2.91. The normalized spacial score (nSPS) is 10.8. The summed E-state index contributed by atoms with van der Waals surface area (Å²) in [5.41, 5.74) is 8.93. The molecule has 0 radical (unpaired) electrons. The van der Waals surface area contributed by atoms with Crippen LogP contribution in [0.4, 0.5) is 5.69 Å². The Morgan fingerprint density at radius 2 is 2.14 bits per heavy atom. The molecule has 0 fully saturated rings. The summed E-state index contributed by atoms with van der Waals surface area (Å²) < 4.78 is 1.95. The van der Waals surface area contributed by atoms with Crippen LogP contribution in [0.15, 0.2) is 22.8 Å². The molecular weight excluding hydrogens is 355 g/mol. The average Bonchev–Trinajstić information content (AvgIpc) is 2.14. The molecular formula is C10H8BrIN2. The van der Waals surface area contributed by atoms with Crippen molar-refractivity contribution >= 4 is 55.1 Å². The number of halogens is 2. The van der Waals surface area contributed by atoms with E-state index in [2.05, 4.69) is 49.6 Å². The van der Waals surface area contributed by atoms with Crippen molar-refractivity contribution in [2.24, 2.45) is 0 Å². The first-order valence-electron chi connectivity index (χ1n) is 4.10. The van der Waals surface area contributed by atoms with Gasteiger partial charge in [-0.2, -0.15) is 0 Å². The van der Waals surface area contributed by atoms with Crippen LogP contribution < -0.4 is 5.73 Å². The van der Waals surface area contributed by atoms with Crippen LogP contribution >= 0.6 is 38.5 Å². The van der Waals surface area contributed by atoms with Gasteiger partial charge < -0.3 is 5.73 Å². The smallest absolute Gasteiger partial charge is 0.106 e. The highest BCUT2D eigenvalue weighted by Crippen LogP contribution is 2.28. The fourth-order valence-electron chi connectivity index (χ4n) is 1.39. The second-order valence-corrected chi connectivity index (χ2v) is 5.01. The molecule has 0 aliphatic carbocycles. The molecule has 2 nitrogen and oxygen atoms in total. The molecule has 4 heteroatoms. The Kier molecular flexibility index (Phi) is 2.66. The van der Waals surface area contributed by atoms with E-state index in [-0.39, 0.29) is 0 Å². The lowest BCUT2D eigenvalue weighted by molar-refractivity contribution is 1.33. The molecule has 1 aromatic heterocycles. The Labute approximate surface area is 104 Å². The molecule has 2 N–H and O–H groups in total. The van der Waals surface area contributed by atoms with Crippen molar-refractivity contribution in [2.75, 3.05) is 5.73 Å². The quantitative estimate of drug-likeness (QED) is 0.442. The van der Waals surface area contributed by atoms with Gasteiger partial charge in [-0.05, 0) is 69.2 Å². The molecule has 14 heavy (non-hydrogen) atoms. The predicted octanol–water partition coefficient (Wildman–Crippen LogP) is 3.49. The van der Waals surface area contributed by atoms with Crippen molar-refractivity contribution in [2.45, 2.75) is 6.92 Å². The summed E-state index contributed by atoms with van der Waals surface area (Å²) in [7, 11) is 0. The highest BCUT2D eigenvalue weighted by molar-refractivity contribution is 14.1. The van der Waals surface area contributed by atoms with Crippen LogP contribution in [0.25, 0.3) is 10.9 Å². The van der Waals surface area contributed by atoms with Crippen molar-refractivity contribution in [1.82, 2.24) is 4.98 Å². The van der Waals surface area contributed by atoms with E-state index in [1.54, 1.807) is 0 Å². The second-order valence-electron chi connectivity index (χ2n) is 3.12. The standard InChI is InChI=1S/C10H8BrIN2/c1-5-4-7-6(10(13)9(5)12)2-3-8(11)14-7/h2-4H,13H2,1H3. The number of rotatable bonds is 0. The zero-order chi connectivity index (χ0) is 10.3. The summed E-state index contributed by atoms with van der Waals surface area (Å²) in [6.07, 6.45) is 0. The van der Waals surface area contributed by atoms with Gasteiger partial charge in [0.15, 0.2) is 0 Å². The van der Waals surface area contributed by atoms with Crippen LogP contribution in [0.2, 0.25) is 0 Å². The number of pyridine rings is 1. The number of aromatic nitrogens is 1. The fraction of sp³-hybridized carbons (Fsp3) is 0.100. The zero-order valence-corrected chi connectivity index (χ0v) is 11.3. The van der Waals surface area contributed by atoms with Gasteiger partial charge in [-0.3, -0.25) is 0 Å². The summed E-state index contributed by atoms with van der Waals surface area (Å²) >= 11 is 5.61. The molecule has 1 aromatic carbocycles. The molecule has 2 rings (SSSR count). The largest absolute Gasteiger partial charge is 0.397 e. The number of benzene rings is 1. The van der Waals surface area contributed by atoms with E-state index in [4.69, 9.17) is 5.73 Å². The minimum Gasteiger partial charge on any atom is -0.397 e. The van der Waals surface area contributed by atoms with Crippen LogP contribution in [-0.2, 0) is 0 Å². The van der Waals surface area contributed by atoms with Crippen molar-refractivity contribution in [1.29, 1.82) is 0 Å². The SMILES string of the molecule is Cc1cc2nc(Br)ccc2c(N)c1I. The number of nitrogens with two attached hydrogens (primary N) is 1. The van der Waals surface area contributed by atoms with Gasteiger partial charge in [0.1, 0.15) is 4.60 Å². The Hall–Kier alpha value is -0.360. The van der Waals surface area contributed by atoms with Gasteiger partial charge in [0.25, 0.3) is 0 Å². The Morgan fingerprint density at radius 3 is 2.86 bits per heavy atom. The number of hydrogen-bond acceptors (Lipinski definition) is 2. The Morgan fingerprint density at radius 1 is 1.43 bits per heavy atom. The highest BCUT2D eigenvalue weighted by Gasteiger charge is 2.06. The van der Waals surface area contributed by atoms with E-state index < -0.39 is 0 Å². The van der Waals surface area contributed by atoms with Crippen LogP contribution in [-0.4, -0.2) is 4.98 Å². The van der Waals surface area contributed by atoms with E-state index in [0.717, 1.165) is 24.8 Å². The topological polar surface area (TPSA) is 38.9 Å². The van der Waals surface area contributed by atoms with Crippen molar-refractivity contribution in [3.63, 3.8) is 0 Å². The third kappa shape index (κ3) is 1.61. The fourth-order valence-corrected chi connectivity index (χ4v) is 2.16. The molecule has 0 aliphatic rings. The van der Waals surface area contributed by atoms with Gasteiger partial charge >= 0.3 is 0 Å². The van der Waals surface area contributed by atoms with E-state index in [0.29, 0.717) is 0 Å². The lowest BCUT2D eigenvalue weighted by atomic mass is 10.1. The minimum absolute atomic E-state index is 0.820. The van der Waals surface area contributed by atoms with Crippen molar-refractivity contribution in [3.8, 4) is 0 Å². The number of nitrogens with zero attached hydrogens (tertiary/aromatic N) is 1. The molecule has 0 atom stereocenters. The molecule has 2 aromatic rings. The molecule has 0 unspecified atom stereocenters. The molecule has 72 valence electrons. The van der Waals surface area contributed by atoms with E-state index >= 15 is 0 Å². The lowest BCUT2D eigenvalue weighted by Crippen LogP contribution is -1.95. The van der Waals surface area contributed by atoms with E-state index in [1.807, 2.05) is 19.1 Å². The number of hydrogen-bond donors (Lipinski definition) is 1. The maximum Gasteiger partial charge on any atom is 0.106 e. The maximum atomic E-state index is 6.01. The summed E-state index contributed by atoms with van der Waals surface area (Å²) in [5.74, 6) is 0. The second kappa shape index (κ2) is 3.66. The van der Waals surface area contributed by atoms with Gasteiger partial charge in [-0.1, -0.05) is 0 Å². The molecule has 0 bridgehead atoms. The number of nitrogen functional groups attached to an aromatic ring is 1. The van der Waals surface area contributed by atoms with E-state index in [9.17, 15) is 0 Å².